The summed E-state index contributed by atoms with van der Waals surface area (Å²) in [6.45, 7) is 0. The highest BCUT2D eigenvalue weighted by atomic mass is 16.5. The minimum absolute atomic E-state index is 0.0278. The van der Waals surface area contributed by atoms with Crippen LogP contribution >= 0.6 is 0 Å². The van der Waals surface area contributed by atoms with Crippen LogP contribution in [0, 0.1) is 11.3 Å². The van der Waals surface area contributed by atoms with Gasteiger partial charge in [0.05, 0.1) is 11.6 Å². The number of hydrogen-bond donors (Lipinski definition) is 1. The van der Waals surface area contributed by atoms with Gasteiger partial charge in [-0.3, -0.25) is 9.59 Å². The van der Waals surface area contributed by atoms with E-state index < -0.39 is 18.0 Å². The molecule has 1 amide bonds. The van der Waals surface area contributed by atoms with E-state index in [1.165, 1.54) is 12.1 Å². The number of nitrogens with zero attached hydrogens (tertiary/aromatic N) is 1. The molecule has 0 saturated heterocycles. The van der Waals surface area contributed by atoms with Gasteiger partial charge in [0.15, 0.2) is 11.9 Å². The largest absolute Gasteiger partial charge is 0.451 e. The second-order valence-electron chi connectivity index (χ2n) is 5.07. The van der Waals surface area contributed by atoms with Crippen molar-refractivity contribution >= 4 is 23.3 Å². The van der Waals surface area contributed by atoms with Gasteiger partial charge in [0.1, 0.15) is 6.42 Å². The Balaban J connectivity index is 1.95. The van der Waals surface area contributed by atoms with Crippen molar-refractivity contribution in [1.82, 2.24) is 0 Å². The van der Waals surface area contributed by atoms with Gasteiger partial charge in [0.2, 0.25) is 5.91 Å². The van der Waals surface area contributed by atoms with Crippen molar-refractivity contribution in [1.29, 1.82) is 5.26 Å². The molecule has 1 fully saturated rings. The maximum atomic E-state index is 12.0. The molecule has 0 aliphatic heterocycles. The van der Waals surface area contributed by atoms with Gasteiger partial charge in [-0.1, -0.05) is 0 Å². The zero-order valence-corrected chi connectivity index (χ0v) is 12.0. The lowest BCUT2D eigenvalue weighted by atomic mass is 9.96. The Bertz CT molecular complexity index is 616. The molecule has 0 heterocycles. The molecule has 1 aromatic carbocycles. The van der Waals surface area contributed by atoms with E-state index >= 15 is 0 Å². The number of carbonyl (C=O) groups is 3. The maximum absolute atomic E-state index is 12.0. The molecule has 1 aliphatic rings. The summed E-state index contributed by atoms with van der Waals surface area (Å²) in [7, 11) is 0. The molecule has 6 heteroatoms. The molecule has 114 valence electrons. The molecule has 0 unspecified atom stereocenters. The summed E-state index contributed by atoms with van der Waals surface area (Å²) in [5.41, 5.74) is 0.808. The van der Waals surface area contributed by atoms with Crippen LogP contribution in [0.2, 0.25) is 0 Å². The Hall–Kier alpha value is -2.68. The van der Waals surface area contributed by atoms with Gasteiger partial charge in [-0.2, -0.15) is 5.26 Å². The third-order valence-electron chi connectivity index (χ3n) is 3.39. The molecule has 1 N–H and O–H groups in total. The first-order chi connectivity index (χ1) is 10.6. The summed E-state index contributed by atoms with van der Waals surface area (Å²) in [5.74, 6) is -0.985. The van der Waals surface area contributed by atoms with E-state index in [0.717, 1.165) is 12.8 Å². The summed E-state index contributed by atoms with van der Waals surface area (Å²) < 4.78 is 5.23. The van der Waals surface area contributed by atoms with Crippen LogP contribution in [0.15, 0.2) is 24.3 Å². The van der Waals surface area contributed by atoms with E-state index in [1.54, 1.807) is 18.2 Å². The van der Waals surface area contributed by atoms with E-state index in [9.17, 15) is 14.4 Å². The smallest absolute Gasteiger partial charge is 0.338 e. The SMILES string of the molecule is N#CCC(=O)Nc1ccc(C(=O)O[C@H]2CCCCC2=O)cc1. The Morgan fingerprint density at radius 1 is 1.27 bits per heavy atom. The van der Waals surface area contributed by atoms with Gasteiger partial charge in [0, 0.05) is 12.1 Å². The van der Waals surface area contributed by atoms with Crippen LogP contribution in [0.5, 0.6) is 0 Å². The second kappa shape index (κ2) is 7.36. The maximum Gasteiger partial charge on any atom is 0.338 e. The minimum atomic E-state index is -0.642. The average Bonchev–Trinajstić information content (AvgIpc) is 2.50. The summed E-state index contributed by atoms with van der Waals surface area (Å²) >= 11 is 0. The molecule has 0 aromatic heterocycles. The summed E-state index contributed by atoms with van der Waals surface area (Å²) in [6.07, 6.45) is 1.90. The Morgan fingerprint density at radius 3 is 2.64 bits per heavy atom. The first-order valence-corrected chi connectivity index (χ1v) is 7.10. The lowest BCUT2D eigenvalue weighted by molar-refractivity contribution is -0.129. The van der Waals surface area contributed by atoms with Gasteiger partial charge >= 0.3 is 5.97 Å². The molecule has 2 rings (SSSR count). The third kappa shape index (κ3) is 4.16. The van der Waals surface area contributed by atoms with Crippen LogP contribution in [0.3, 0.4) is 0 Å². The van der Waals surface area contributed by atoms with Crippen molar-refractivity contribution < 1.29 is 19.1 Å². The Kier molecular flexibility index (Phi) is 5.26. The summed E-state index contributed by atoms with van der Waals surface area (Å²) in [4.78, 5) is 34.9. The summed E-state index contributed by atoms with van der Waals surface area (Å²) in [5, 5.41) is 10.9. The number of anilines is 1. The topological polar surface area (TPSA) is 96.3 Å². The third-order valence-corrected chi connectivity index (χ3v) is 3.39. The highest BCUT2D eigenvalue weighted by molar-refractivity contribution is 5.95. The van der Waals surface area contributed by atoms with E-state index in [-0.39, 0.29) is 12.2 Å². The van der Waals surface area contributed by atoms with Crippen LogP contribution in [0.25, 0.3) is 0 Å². The lowest BCUT2D eigenvalue weighted by Gasteiger charge is -2.20. The number of amides is 1. The van der Waals surface area contributed by atoms with Gasteiger partial charge in [-0.25, -0.2) is 4.79 Å². The highest BCUT2D eigenvalue weighted by Gasteiger charge is 2.26. The number of nitrogens with one attached hydrogen (secondary N) is 1. The van der Waals surface area contributed by atoms with Crippen molar-refractivity contribution in [3.8, 4) is 6.07 Å². The highest BCUT2D eigenvalue weighted by Crippen LogP contribution is 2.19. The zero-order valence-electron chi connectivity index (χ0n) is 12.0. The lowest BCUT2D eigenvalue weighted by Crippen LogP contribution is -2.30. The van der Waals surface area contributed by atoms with E-state index in [0.29, 0.717) is 24.1 Å². The summed E-state index contributed by atoms with van der Waals surface area (Å²) in [6, 6.07) is 7.87. The number of Topliss-reactive ketones (excluding diaryl/α,β-unsaturated/α-hetero) is 1. The normalized spacial score (nSPS) is 17.4. The van der Waals surface area contributed by atoms with Crippen LogP contribution in [0.4, 0.5) is 5.69 Å². The number of ether oxygens (including phenoxy) is 1. The van der Waals surface area contributed by atoms with Crippen molar-refractivity contribution in [2.24, 2.45) is 0 Å². The molecule has 1 aliphatic carbocycles. The number of carbonyl (C=O) groups excluding carboxylic acids is 3. The molecular weight excluding hydrogens is 284 g/mol. The molecule has 0 spiro atoms. The fraction of sp³-hybridized carbons (Fsp3) is 0.375. The first-order valence-electron chi connectivity index (χ1n) is 7.10. The van der Waals surface area contributed by atoms with Crippen LogP contribution in [0.1, 0.15) is 42.5 Å². The predicted molar refractivity (Wildman–Crippen MR) is 78.0 cm³/mol. The van der Waals surface area contributed by atoms with Crippen LogP contribution in [-0.2, 0) is 14.3 Å². The molecule has 22 heavy (non-hydrogen) atoms. The van der Waals surface area contributed by atoms with E-state index in [1.807, 2.05) is 0 Å². The number of ketones is 1. The van der Waals surface area contributed by atoms with E-state index in [2.05, 4.69) is 5.32 Å². The van der Waals surface area contributed by atoms with Crippen molar-refractivity contribution in [2.75, 3.05) is 5.32 Å². The molecule has 1 aromatic rings. The molecule has 0 bridgehead atoms. The number of rotatable bonds is 4. The first kappa shape index (κ1) is 15.7. The fourth-order valence-electron chi connectivity index (χ4n) is 2.24. The Morgan fingerprint density at radius 2 is 2.00 bits per heavy atom. The molecule has 1 atom stereocenters. The molecular formula is C16H16N2O4. The molecule has 1 saturated carbocycles. The van der Waals surface area contributed by atoms with E-state index in [4.69, 9.17) is 10.00 Å². The Labute approximate surface area is 128 Å². The second-order valence-corrected chi connectivity index (χ2v) is 5.07. The van der Waals surface area contributed by atoms with Crippen molar-refractivity contribution in [3.05, 3.63) is 29.8 Å². The van der Waals surface area contributed by atoms with Gasteiger partial charge in [0.25, 0.3) is 0 Å². The molecule has 6 nitrogen and oxygen atoms in total. The zero-order chi connectivity index (χ0) is 15.9. The predicted octanol–water partition coefficient (Wildman–Crippen LogP) is 2.21. The van der Waals surface area contributed by atoms with Crippen molar-refractivity contribution in [3.63, 3.8) is 0 Å². The van der Waals surface area contributed by atoms with Crippen LogP contribution in [-0.4, -0.2) is 23.8 Å². The monoisotopic (exact) mass is 300 g/mol. The number of esters is 1. The van der Waals surface area contributed by atoms with Gasteiger partial charge in [-0.05, 0) is 43.5 Å². The number of hydrogen-bond acceptors (Lipinski definition) is 5. The standard InChI is InChI=1S/C16H16N2O4/c17-10-9-15(20)18-12-7-5-11(6-8-12)16(21)22-14-4-2-1-3-13(14)19/h5-8,14H,1-4,9H2,(H,18,20)/t14-/m0/s1. The molecule has 0 radical (unpaired) electrons. The number of benzene rings is 1. The minimum Gasteiger partial charge on any atom is -0.451 e. The van der Waals surface area contributed by atoms with Crippen molar-refractivity contribution in [2.45, 2.75) is 38.2 Å². The quantitative estimate of drug-likeness (QED) is 0.860. The van der Waals surface area contributed by atoms with Gasteiger partial charge in [-0.15, -0.1) is 0 Å². The number of nitriles is 1. The van der Waals surface area contributed by atoms with Crippen LogP contribution < -0.4 is 5.32 Å². The average molecular weight is 300 g/mol. The fourth-order valence-corrected chi connectivity index (χ4v) is 2.24. The van der Waals surface area contributed by atoms with Gasteiger partial charge < -0.3 is 10.1 Å².